The number of pyridine rings is 1. The third-order valence-corrected chi connectivity index (χ3v) is 8.20. The molecule has 0 spiro atoms. The summed E-state index contributed by atoms with van der Waals surface area (Å²) in [7, 11) is 0. The van der Waals surface area contributed by atoms with Crippen molar-refractivity contribution in [2.75, 3.05) is 24.2 Å². The molecule has 0 bridgehead atoms. The van der Waals surface area contributed by atoms with E-state index >= 15 is 0 Å². The van der Waals surface area contributed by atoms with E-state index < -0.39 is 0 Å². The Morgan fingerprint density at radius 3 is 2.38 bits per heavy atom. The highest BCUT2D eigenvalue weighted by Gasteiger charge is 2.32. The van der Waals surface area contributed by atoms with Crippen molar-refractivity contribution in [1.82, 2.24) is 15.0 Å². The maximum absolute atomic E-state index is 6.27. The Bertz CT molecular complexity index is 1150. The minimum absolute atomic E-state index is 0.183. The first-order valence-corrected chi connectivity index (χ1v) is 14.9. The molecule has 0 radical (unpaired) electrons. The number of nitrogens with zero attached hydrogens (tertiary/aromatic N) is 4. The molecule has 4 rings (SSSR count). The number of ether oxygens (including phenoxy) is 1. The van der Waals surface area contributed by atoms with Gasteiger partial charge < -0.3 is 9.64 Å². The van der Waals surface area contributed by atoms with Gasteiger partial charge in [-0.2, -0.15) is 0 Å². The molecule has 1 aliphatic rings. The summed E-state index contributed by atoms with van der Waals surface area (Å²) >= 11 is 3.42. The second-order valence-electron chi connectivity index (χ2n) is 10.5. The third-order valence-electron chi connectivity index (χ3n) is 6.58. The van der Waals surface area contributed by atoms with Gasteiger partial charge >= 0.3 is 0 Å². The largest absolute Gasteiger partial charge is 0.370 e. The Morgan fingerprint density at radius 1 is 1.06 bits per heavy atom. The summed E-state index contributed by atoms with van der Waals surface area (Å²) in [5.41, 5.74) is 4.79. The SMILES string of the molecule is CCCCN(CCCC)c1nc(SC)nc2c1sc1nc(CC(C)C)c3c(c12)CC(C)(C)OC3. The summed E-state index contributed by atoms with van der Waals surface area (Å²) in [6.45, 7) is 16.2. The average molecular weight is 501 g/mol. The first kappa shape index (κ1) is 25.6. The van der Waals surface area contributed by atoms with Crippen LogP contribution in [0.25, 0.3) is 20.4 Å². The predicted octanol–water partition coefficient (Wildman–Crippen LogP) is 7.42. The summed E-state index contributed by atoms with van der Waals surface area (Å²) in [6.07, 6.45) is 8.65. The smallest absolute Gasteiger partial charge is 0.189 e. The van der Waals surface area contributed by atoms with Crippen LogP contribution in [0.5, 0.6) is 0 Å². The third kappa shape index (κ3) is 5.21. The lowest BCUT2D eigenvalue weighted by Gasteiger charge is -2.33. The number of thioether (sulfide) groups is 1. The molecule has 3 aromatic heterocycles. The van der Waals surface area contributed by atoms with Gasteiger partial charge in [-0.05, 0) is 50.8 Å². The van der Waals surface area contributed by atoms with Gasteiger partial charge in [0.1, 0.15) is 4.83 Å². The Balaban J connectivity index is 1.99. The van der Waals surface area contributed by atoms with Gasteiger partial charge in [-0.15, -0.1) is 11.3 Å². The van der Waals surface area contributed by atoms with Crippen LogP contribution in [0.4, 0.5) is 5.82 Å². The molecule has 0 aliphatic carbocycles. The van der Waals surface area contributed by atoms with Gasteiger partial charge in [0.25, 0.3) is 0 Å². The Hall–Kier alpha value is -1.44. The fraction of sp³-hybridized carbons (Fsp3) is 0.667. The topological polar surface area (TPSA) is 51.1 Å². The second kappa shape index (κ2) is 10.7. The molecule has 0 aromatic carbocycles. The van der Waals surface area contributed by atoms with E-state index in [4.69, 9.17) is 19.7 Å². The van der Waals surface area contributed by atoms with Crippen LogP contribution in [0.1, 0.15) is 84.0 Å². The standard InChI is InChI=1S/C27H40N4OS2/c1-8-10-12-31(13-11-9-2)24-23-22(29-26(30-24)33-7)21-18-15-27(5,6)32-16-19(18)20(14-17(3)4)28-25(21)34-23/h17H,8-16H2,1-7H3. The number of aromatic nitrogens is 3. The summed E-state index contributed by atoms with van der Waals surface area (Å²) in [6, 6.07) is 0. The molecule has 0 saturated heterocycles. The summed E-state index contributed by atoms with van der Waals surface area (Å²) in [4.78, 5) is 19.0. The van der Waals surface area contributed by atoms with E-state index in [2.05, 4.69) is 52.7 Å². The van der Waals surface area contributed by atoms with Crippen LogP contribution in [-0.2, 0) is 24.2 Å². The molecule has 7 heteroatoms. The number of rotatable bonds is 10. The highest BCUT2D eigenvalue weighted by molar-refractivity contribution is 7.98. The molecule has 0 N–H and O–H groups in total. The lowest BCUT2D eigenvalue weighted by atomic mass is 9.88. The van der Waals surface area contributed by atoms with E-state index in [9.17, 15) is 0 Å². The Morgan fingerprint density at radius 2 is 1.76 bits per heavy atom. The van der Waals surface area contributed by atoms with Crippen molar-refractivity contribution < 1.29 is 4.74 Å². The van der Waals surface area contributed by atoms with Crippen molar-refractivity contribution >= 4 is 49.3 Å². The van der Waals surface area contributed by atoms with Crippen LogP contribution in [0, 0.1) is 5.92 Å². The zero-order valence-corrected chi connectivity index (χ0v) is 23.6. The molecule has 0 fully saturated rings. The van der Waals surface area contributed by atoms with Crippen LogP contribution in [0.3, 0.4) is 0 Å². The van der Waals surface area contributed by atoms with Crippen molar-refractivity contribution in [3.63, 3.8) is 0 Å². The van der Waals surface area contributed by atoms with E-state index in [0.717, 1.165) is 47.3 Å². The first-order chi connectivity index (χ1) is 16.3. The average Bonchev–Trinajstić information content (AvgIpc) is 3.16. The first-order valence-electron chi connectivity index (χ1n) is 12.9. The highest BCUT2D eigenvalue weighted by atomic mass is 32.2. The maximum Gasteiger partial charge on any atom is 0.189 e. The fourth-order valence-corrected chi connectivity index (χ4v) is 6.33. The molecule has 3 aromatic rings. The van der Waals surface area contributed by atoms with Gasteiger partial charge in [0, 0.05) is 36.2 Å². The lowest BCUT2D eigenvalue weighted by Crippen LogP contribution is -2.33. The zero-order valence-electron chi connectivity index (χ0n) is 22.0. The van der Waals surface area contributed by atoms with E-state index in [0.29, 0.717) is 12.5 Å². The van der Waals surface area contributed by atoms with Gasteiger partial charge in [0.15, 0.2) is 11.0 Å². The number of unbranched alkanes of at least 4 members (excludes halogenated alkanes) is 2. The Kier molecular flexibility index (Phi) is 8.05. The van der Waals surface area contributed by atoms with Crippen molar-refractivity contribution in [3.05, 3.63) is 16.8 Å². The van der Waals surface area contributed by atoms with Gasteiger partial charge in [-0.3, -0.25) is 0 Å². The van der Waals surface area contributed by atoms with Gasteiger partial charge in [-0.1, -0.05) is 52.3 Å². The molecular formula is C27H40N4OS2. The molecule has 5 nitrogen and oxygen atoms in total. The van der Waals surface area contributed by atoms with Crippen LogP contribution in [-0.4, -0.2) is 39.9 Å². The number of hydrogen-bond donors (Lipinski definition) is 0. The molecule has 1 aliphatic heterocycles. The van der Waals surface area contributed by atoms with Crippen LogP contribution < -0.4 is 4.90 Å². The molecular weight excluding hydrogens is 460 g/mol. The fourth-order valence-electron chi connectivity index (χ4n) is 4.79. The summed E-state index contributed by atoms with van der Waals surface area (Å²) < 4.78 is 7.46. The van der Waals surface area contributed by atoms with E-state index in [1.807, 2.05) is 0 Å². The quantitative estimate of drug-likeness (QED) is 0.213. The van der Waals surface area contributed by atoms with Crippen molar-refractivity contribution in [3.8, 4) is 0 Å². The molecule has 0 amide bonds. The normalized spacial score (nSPS) is 15.4. The lowest BCUT2D eigenvalue weighted by molar-refractivity contribution is -0.0402. The van der Waals surface area contributed by atoms with Crippen LogP contribution >= 0.6 is 23.1 Å². The minimum atomic E-state index is -0.183. The molecule has 0 saturated carbocycles. The second-order valence-corrected chi connectivity index (χ2v) is 12.3. The number of fused-ring (bicyclic) bond motifs is 5. The van der Waals surface area contributed by atoms with Gasteiger partial charge in [0.05, 0.1) is 22.4 Å². The number of thiophene rings is 1. The molecule has 4 heterocycles. The predicted molar refractivity (Wildman–Crippen MR) is 148 cm³/mol. The van der Waals surface area contributed by atoms with Crippen molar-refractivity contribution in [2.24, 2.45) is 5.92 Å². The maximum atomic E-state index is 6.27. The van der Waals surface area contributed by atoms with Crippen molar-refractivity contribution in [2.45, 2.75) is 97.4 Å². The summed E-state index contributed by atoms with van der Waals surface area (Å²) in [5.74, 6) is 1.65. The van der Waals surface area contributed by atoms with Crippen LogP contribution in [0.2, 0.25) is 0 Å². The van der Waals surface area contributed by atoms with E-state index in [-0.39, 0.29) is 5.60 Å². The van der Waals surface area contributed by atoms with Gasteiger partial charge in [-0.25, -0.2) is 15.0 Å². The number of hydrogen-bond acceptors (Lipinski definition) is 7. The van der Waals surface area contributed by atoms with Gasteiger partial charge in [0.2, 0.25) is 0 Å². The zero-order chi connectivity index (χ0) is 24.5. The highest BCUT2D eigenvalue weighted by Crippen LogP contribution is 2.44. The minimum Gasteiger partial charge on any atom is -0.370 e. The number of anilines is 1. The molecule has 186 valence electrons. The molecule has 0 unspecified atom stereocenters. The van der Waals surface area contributed by atoms with Crippen molar-refractivity contribution in [1.29, 1.82) is 0 Å². The monoisotopic (exact) mass is 500 g/mol. The van der Waals surface area contributed by atoms with Crippen LogP contribution in [0.15, 0.2) is 5.16 Å². The molecule has 0 atom stereocenters. The van der Waals surface area contributed by atoms with E-state index in [1.54, 1.807) is 23.1 Å². The Labute approximate surface area is 213 Å². The molecule has 34 heavy (non-hydrogen) atoms. The van der Waals surface area contributed by atoms with E-state index in [1.165, 1.54) is 52.6 Å². The summed E-state index contributed by atoms with van der Waals surface area (Å²) in [5, 5.41) is 2.09.